The first-order chi connectivity index (χ1) is 10.1. The van der Waals surface area contributed by atoms with E-state index in [-0.39, 0.29) is 0 Å². The molecule has 0 aliphatic heterocycles. The maximum absolute atomic E-state index is 11.4. The standard InChI is InChI=1S/C14H12N2O4S/c1-20-10-4-2-9(3-5-10)11-8-21-14(15-11)16-12(17)6-7-13(18)19/h2-8H,1H3,(H,18,19)(H,15,16,17)/b7-6-. The van der Waals surface area contributed by atoms with E-state index < -0.39 is 11.9 Å². The molecule has 0 saturated carbocycles. The van der Waals surface area contributed by atoms with E-state index in [1.54, 1.807) is 12.5 Å². The van der Waals surface area contributed by atoms with Gasteiger partial charge in [-0.1, -0.05) is 0 Å². The highest BCUT2D eigenvalue weighted by Gasteiger charge is 2.07. The Hall–Kier alpha value is -2.67. The van der Waals surface area contributed by atoms with E-state index in [9.17, 15) is 9.59 Å². The first-order valence-corrected chi connectivity index (χ1v) is 6.78. The van der Waals surface area contributed by atoms with Crippen molar-refractivity contribution in [1.82, 2.24) is 4.98 Å². The number of thiazole rings is 1. The van der Waals surface area contributed by atoms with Gasteiger partial charge >= 0.3 is 5.97 Å². The van der Waals surface area contributed by atoms with E-state index in [0.29, 0.717) is 5.13 Å². The van der Waals surface area contributed by atoms with Crippen LogP contribution in [-0.2, 0) is 9.59 Å². The zero-order chi connectivity index (χ0) is 15.2. The van der Waals surface area contributed by atoms with Crippen molar-refractivity contribution in [3.05, 3.63) is 41.8 Å². The molecule has 0 atom stereocenters. The minimum Gasteiger partial charge on any atom is -0.497 e. The fraction of sp³-hybridized carbons (Fsp3) is 0.0714. The van der Waals surface area contributed by atoms with Crippen molar-refractivity contribution >= 4 is 28.3 Å². The molecule has 1 amide bonds. The number of amides is 1. The number of carboxylic acid groups (broad SMARTS) is 1. The van der Waals surface area contributed by atoms with E-state index in [4.69, 9.17) is 9.84 Å². The molecule has 108 valence electrons. The Morgan fingerprint density at radius 1 is 1.29 bits per heavy atom. The van der Waals surface area contributed by atoms with Crippen LogP contribution in [0.2, 0.25) is 0 Å². The van der Waals surface area contributed by atoms with Gasteiger partial charge in [0.1, 0.15) is 5.75 Å². The number of nitrogens with one attached hydrogen (secondary N) is 1. The quantitative estimate of drug-likeness (QED) is 0.828. The van der Waals surface area contributed by atoms with Gasteiger partial charge in [-0.2, -0.15) is 0 Å². The minimum absolute atomic E-state index is 0.404. The molecular formula is C14H12N2O4S. The van der Waals surface area contributed by atoms with E-state index in [0.717, 1.165) is 29.2 Å². The summed E-state index contributed by atoms with van der Waals surface area (Å²) in [6.07, 6.45) is 1.71. The number of aromatic nitrogens is 1. The van der Waals surface area contributed by atoms with Gasteiger partial charge in [-0.15, -0.1) is 11.3 Å². The Bertz CT molecular complexity index is 677. The summed E-state index contributed by atoms with van der Waals surface area (Å²) < 4.78 is 5.08. The largest absolute Gasteiger partial charge is 0.497 e. The number of aliphatic carboxylic acids is 1. The van der Waals surface area contributed by atoms with Gasteiger partial charge in [-0.25, -0.2) is 9.78 Å². The average Bonchev–Trinajstić information content (AvgIpc) is 2.93. The van der Waals surface area contributed by atoms with Crippen LogP contribution in [0.1, 0.15) is 0 Å². The van der Waals surface area contributed by atoms with Gasteiger partial charge in [0.25, 0.3) is 0 Å². The number of hydrogen-bond donors (Lipinski definition) is 2. The Morgan fingerprint density at radius 3 is 2.62 bits per heavy atom. The number of ether oxygens (including phenoxy) is 1. The zero-order valence-electron chi connectivity index (χ0n) is 11.1. The molecule has 1 aromatic heterocycles. The second kappa shape index (κ2) is 6.67. The fourth-order valence-electron chi connectivity index (χ4n) is 1.52. The van der Waals surface area contributed by atoms with Crippen LogP contribution in [0.4, 0.5) is 5.13 Å². The highest BCUT2D eigenvalue weighted by atomic mass is 32.1. The maximum Gasteiger partial charge on any atom is 0.328 e. The summed E-state index contributed by atoms with van der Waals surface area (Å²) in [5, 5.41) is 13.1. The summed E-state index contributed by atoms with van der Waals surface area (Å²) in [5.74, 6) is -0.961. The van der Waals surface area contributed by atoms with Gasteiger partial charge < -0.3 is 9.84 Å². The SMILES string of the molecule is COc1ccc(-c2csc(NC(=O)/C=C\C(=O)O)n2)cc1. The van der Waals surface area contributed by atoms with Crippen LogP contribution in [0.5, 0.6) is 5.75 Å². The number of carboxylic acids is 1. The molecule has 0 unspecified atom stereocenters. The number of carbonyl (C=O) groups excluding carboxylic acids is 1. The van der Waals surface area contributed by atoms with Crippen molar-refractivity contribution < 1.29 is 19.4 Å². The van der Waals surface area contributed by atoms with Gasteiger partial charge in [0.15, 0.2) is 5.13 Å². The average molecular weight is 304 g/mol. The third-order valence-electron chi connectivity index (χ3n) is 2.50. The van der Waals surface area contributed by atoms with Crippen molar-refractivity contribution in [2.45, 2.75) is 0 Å². The summed E-state index contributed by atoms with van der Waals surface area (Å²) in [7, 11) is 1.59. The predicted octanol–water partition coefficient (Wildman–Crippen LogP) is 2.40. The highest BCUT2D eigenvalue weighted by molar-refractivity contribution is 7.14. The van der Waals surface area contributed by atoms with Crippen LogP contribution < -0.4 is 10.1 Å². The Balaban J connectivity index is 2.07. The summed E-state index contributed by atoms with van der Waals surface area (Å²) in [4.78, 5) is 26.0. The molecule has 1 aromatic carbocycles. The van der Waals surface area contributed by atoms with Gasteiger partial charge in [0.05, 0.1) is 12.8 Å². The van der Waals surface area contributed by atoms with Crippen molar-refractivity contribution in [3.63, 3.8) is 0 Å². The van der Waals surface area contributed by atoms with Gasteiger partial charge in [-0.05, 0) is 24.3 Å². The molecule has 0 spiro atoms. The first kappa shape index (κ1) is 14.7. The number of rotatable bonds is 5. The fourth-order valence-corrected chi connectivity index (χ4v) is 2.24. The van der Waals surface area contributed by atoms with Crippen molar-refractivity contribution in [1.29, 1.82) is 0 Å². The summed E-state index contributed by atoms with van der Waals surface area (Å²) in [6, 6.07) is 7.37. The van der Waals surface area contributed by atoms with Crippen LogP contribution in [0.3, 0.4) is 0 Å². The van der Waals surface area contributed by atoms with Crippen LogP contribution in [0, 0.1) is 0 Å². The molecule has 0 radical (unpaired) electrons. The number of nitrogens with zero attached hydrogens (tertiary/aromatic N) is 1. The lowest BCUT2D eigenvalue weighted by atomic mass is 10.2. The van der Waals surface area contributed by atoms with Gasteiger partial charge in [-0.3, -0.25) is 10.1 Å². The zero-order valence-corrected chi connectivity index (χ0v) is 11.9. The first-order valence-electron chi connectivity index (χ1n) is 5.90. The number of anilines is 1. The lowest BCUT2D eigenvalue weighted by Gasteiger charge is -2.00. The van der Waals surface area contributed by atoms with Gasteiger partial charge in [0, 0.05) is 23.1 Å². The lowest BCUT2D eigenvalue weighted by Crippen LogP contribution is -2.08. The number of methoxy groups -OCH3 is 1. The summed E-state index contributed by atoms with van der Waals surface area (Å²) in [5.41, 5.74) is 1.62. The molecule has 0 aliphatic carbocycles. The molecule has 2 aromatic rings. The number of benzene rings is 1. The monoisotopic (exact) mass is 304 g/mol. The summed E-state index contributed by atoms with van der Waals surface area (Å²) >= 11 is 1.26. The molecule has 2 rings (SSSR count). The Labute approximate surface area is 124 Å². The van der Waals surface area contributed by atoms with Gasteiger partial charge in [0.2, 0.25) is 5.91 Å². The molecular weight excluding hydrogens is 292 g/mol. The minimum atomic E-state index is -1.18. The van der Waals surface area contributed by atoms with E-state index in [1.807, 2.05) is 24.3 Å². The Kier molecular flexibility index (Phi) is 4.68. The van der Waals surface area contributed by atoms with Crippen molar-refractivity contribution in [2.75, 3.05) is 12.4 Å². The topological polar surface area (TPSA) is 88.5 Å². The maximum atomic E-state index is 11.4. The molecule has 0 bridgehead atoms. The molecule has 7 heteroatoms. The van der Waals surface area contributed by atoms with Crippen molar-refractivity contribution in [2.24, 2.45) is 0 Å². The lowest BCUT2D eigenvalue weighted by molar-refractivity contribution is -0.131. The second-order valence-electron chi connectivity index (χ2n) is 3.93. The number of hydrogen-bond acceptors (Lipinski definition) is 5. The van der Waals surface area contributed by atoms with Crippen molar-refractivity contribution in [3.8, 4) is 17.0 Å². The van der Waals surface area contributed by atoms with Crippen LogP contribution in [0.15, 0.2) is 41.8 Å². The molecule has 0 aliphatic rings. The van der Waals surface area contributed by atoms with Crippen LogP contribution in [-0.4, -0.2) is 29.1 Å². The van der Waals surface area contributed by atoms with E-state index in [2.05, 4.69) is 10.3 Å². The summed E-state index contributed by atoms with van der Waals surface area (Å²) in [6.45, 7) is 0. The third kappa shape index (κ3) is 4.15. The smallest absolute Gasteiger partial charge is 0.328 e. The normalized spacial score (nSPS) is 10.5. The second-order valence-corrected chi connectivity index (χ2v) is 4.79. The molecule has 1 heterocycles. The molecule has 2 N–H and O–H groups in total. The predicted molar refractivity (Wildman–Crippen MR) is 79.5 cm³/mol. The van der Waals surface area contributed by atoms with E-state index >= 15 is 0 Å². The Morgan fingerprint density at radius 2 is 2.00 bits per heavy atom. The van der Waals surface area contributed by atoms with E-state index in [1.165, 1.54) is 11.3 Å². The molecule has 0 fully saturated rings. The molecule has 6 nitrogen and oxygen atoms in total. The van der Waals surface area contributed by atoms with Crippen LogP contribution >= 0.6 is 11.3 Å². The number of carbonyl (C=O) groups is 2. The highest BCUT2D eigenvalue weighted by Crippen LogP contribution is 2.26. The molecule has 0 saturated heterocycles. The molecule has 21 heavy (non-hydrogen) atoms. The third-order valence-corrected chi connectivity index (χ3v) is 3.26. The van der Waals surface area contributed by atoms with Crippen LogP contribution in [0.25, 0.3) is 11.3 Å².